The van der Waals surface area contributed by atoms with Gasteiger partial charge in [0.2, 0.25) is 23.8 Å². The highest BCUT2D eigenvalue weighted by molar-refractivity contribution is 7.54. The Morgan fingerprint density at radius 1 is 0.333 bits per heavy atom. The molecule has 0 bridgehead atoms. The topological polar surface area (TPSA) is 606 Å². The van der Waals surface area contributed by atoms with Gasteiger partial charge in [0.25, 0.3) is 22.2 Å². The Morgan fingerprint density at radius 2 is 0.587 bits per heavy atom. The van der Waals surface area contributed by atoms with E-state index in [1.54, 1.807) is 60.7 Å². The fourth-order valence-corrected chi connectivity index (χ4v) is 18.5. The number of imidazole rings is 4. The van der Waals surface area contributed by atoms with E-state index in [1.165, 1.54) is 25.3 Å². The molecule has 0 aliphatic heterocycles. The maximum Gasteiger partial charge on any atom is 0.356 e. The molecule has 2 aliphatic rings. The normalized spacial score (nSPS) is 14.5. The van der Waals surface area contributed by atoms with Crippen LogP contribution in [0.4, 0.5) is 23.8 Å². The first kappa shape index (κ1) is 102. The van der Waals surface area contributed by atoms with Gasteiger partial charge in [-0.1, -0.05) is 201 Å². The van der Waals surface area contributed by atoms with E-state index in [2.05, 4.69) is 59.8 Å². The first-order chi connectivity index (χ1) is 66.6. The molecule has 8 heterocycles. The van der Waals surface area contributed by atoms with Crippen molar-refractivity contribution in [1.29, 1.82) is 0 Å². The molecular formula is C90H104N20O24P4. The molecule has 0 saturated heterocycles. The highest BCUT2D eigenvalue weighted by atomic mass is 31.2. The van der Waals surface area contributed by atoms with Crippen LogP contribution in [-0.4, -0.2) is 179 Å². The molecule has 0 amide bonds. The Balaban J connectivity index is 0.000000155. The number of nitrogen functional groups attached to an aromatic ring is 4. The van der Waals surface area contributed by atoms with Gasteiger partial charge >= 0.3 is 30.4 Å². The van der Waals surface area contributed by atoms with E-state index >= 15 is 0 Å². The lowest BCUT2D eigenvalue weighted by Gasteiger charge is -2.22. The largest absolute Gasteiger partial charge is 0.369 e. The number of nitrogens with zero attached hydrogens (tertiary/aromatic N) is 12. The number of aromatic amines is 4. The molecule has 12 N–H and O–H groups in total. The molecule has 44 nitrogen and oxygen atoms in total. The van der Waals surface area contributed by atoms with Gasteiger partial charge in [-0.2, -0.15) is 19.9 Å². The van der Waals surface area contributed by atoms with E-state index in [4.69, 9.17) is 78.1 Å². The van der Waals surface area contributed by atoms with E-state index in [1.807, 2.05) is 140 Å². The van der Waals surface area contributed by atoms with Crippen LogP contribution >= 0.6 is 30.4 Å². The van der Waals surface area contributed by atoms with Crippen LogP contribution in [0.1, 0.15) is 93.5 Å². The zero-order chi connectivity index (χ0) is 97.4. The summed E-state index contributed by atoms with van der Waals surface area (Å²) in [5.41, 5.74) is 27.8. The smallest absolute Gasteiger partial charge is 0.356 e. The van der Waals surface area contributed by atoms with Gasteiger partial charge in [0.1, 0.15) is 51.8 Å². The lowest BCUT2D eigenvalue weighted by molar-refractivity contribution is -0.126. The van der Waals surface area contributed by atoms with E-state index in [-0.39, 0.29) is 198 Å². The van der Waals surface area contributed by atoms with Crippen LogP contribution < -0.4 is 45.2 Å². The number of hydrogen-bond donors (Lipinski definition) is 8. The number of hydrogen-bond acceptors (Lipinski definition) is 36. The van der Waals surface area contributed by atoms with Gasteiger partial charge in [-0.3, -0.25) is 94.6 Å². The van der Waals surface area contributed by atoms with Crippen molar-refractivity contribution < 1.29 is 92.6 Å². The van der Waals surface area contributed by atoms with Gasteiger partial charge in [0.05, 0.1) is 78.2 Å². The van der Waals surface area contributed by atoms with Crippen molar-refractivity contribution in [3.8, 4) is 0 Å². The van der Waals surface area contributed by atoms with Crippen LogP contribution in [0.2, 0.25) is 0 Å². The third-order valence-corrected chi connectivity index (χ3v) is 27.3. The summed E-state index contributed by atoms with van der Waals surface area (Å²) in [5, 5.41) is 0. The second-order valence-electron chi connectivity index (χ2n) is 31.6. The molecular weight excluding hydrogens is 1870 g/mol. The van der Waals surface area contributed by atoms with Crippen molar-refractivity contribution in [3.05, 3.63) is 282 Å². The van der Waals surface area contributed by atoms with E-state index < -0.39 is 65.8 Å². The average Bonchev–Trinajstić information content (AvgIpc) is 1.67. The Hall–Kier alpha value is -13.0. The van der Waals surface area contributed by atoms with Gasteiger partial charge in [0.15, 0.2) is 67.8 Å². The molecule has 0 radical (unpaired) electrons. The first-order valence-corrected chi connectivity index (χ1v) is 50.6. The fraction of sp³-hybridized carbons (Fsp3) is 0.333. The Kier molecular flexibility index (Phi) is 37.0. The van der Waals surface area contributed by atoms with Crippen molar-refractivity contribution in [2.75, 3.05) is 101 Å². The number of nitrogens with two attached hydrogens (primary N) is 4. The Bertz CT molecular complexity index is 6880. The minimum atomic E-state index is -3.80. The maximum atomic E-state index is 13.4. The number of ketones is 4. The third kappa shape index (κ3) is 30.8. The standard InChI is InChI=1S/C24H26N5O6P.C23H30N5O6P.C23H24N5O6P.C20H24N5O6P/c1-17-7-9-19(10-8-17)20(30)14-35-36(32,34-13-18-5-3-2-4-6-18)16-33-12-11-29-15-26-21-22(29)27-24(25)28-23(21)31;2*24-23-26-21-20(22(30)27-23)25-15-28(21)11-12-32-16-35(31,33-13-17-7-3-1-4-8-17)34-14-19(29)18-9-5-2-6-10-18;21-20-23-18-17(19(27)24-20)22-12-25(18)8-9-29-13-32(28,31-11-16(26)15-6-7-15)30-10-14-4-2-1-3-5-14/h2-10,15H,11-14,16H2,1H3,(H3,25,27,28,31);1,3-4,7-8,15,18H,2,5-6,9-14,16H2,(H3,24,26,27,30);1-10,15H,11-14,16H2,(H3,24,26,27,30);1-5,12,15H,6-11,13H2,(H3,21,23,24,27). The summed E-state index contributed by atoms with van der Waals surface area (Å²) in [6.45, 7) is 2.25. The molecule has 48 heteroatoms. The van der Waals surface area contributed by atoms with Crippen molar-refractivity contribution in [2.24, 2.45) is 11.8 Å². The zero-order valence-electron chi connectivity index (χ0n) is 75.1. The number of fused-ring (bicyclic) bond motifs is 4. The molecule has 138 heavy (non-hydrogen) atoms. The molecule has 0 spiro atoms. The van der Waals surface area contributed by atoms with Crippen molar-refractivity contribution in [2.45, 2.75) is 104 Å². The second kappa shape index (κ2) is 49.9. The molecule has 6 aromatic carbocycles. The summed E-state index contributed by atoms with van der Waals surface area (Å²) in [7, 11) is -15.0. The van der Waals surface area contributed by atoms with Gasteiger partial charge in [-0.15, -0.1) is 0 Å². The number of anilines is 4. The lowest BCUT2D eigenvalue weighted by atomic mass is 9.86. The van der Waals surface area contributed by atoms with Crippen LogP contribution in [0, 0.1) is 18.8 Å². The number of rotatable bonds is 48. The zero-order valence-corrected chi connectivity index (χ0v) is 78.6. The predicted octanol–water partition coefficient (Wildman–Crippen LogP) is 11.6. The minimum absolute atomic E-state index is 0.00361. The molecule has 8 aromatic heterocycles. The third-order valence-electron chi connectivity index (χ3n) is 21.1. The van der Waals surface area contributed by atoms with Crippen LogP contribution in [0.5, 0.6) is 0 Å². The molecule has 728 valence electrons. The number of aryl methyl sites for hydroxylation is 1. The predicted molar refractivity (Wildman–Crippen MR) is 508 cm³/mol. The number of H-pyrrole nitrogens is 4. The van der Waals surface area contributed by atoms with Gasteiger partial charge < -0.3 is 78.2 Å². The van der Waals surface area contributed by atoms with Gasteiger partial charge in [-0.25, -0.2) is 19.9 Å². The summed E-state index contributed by atoms with van der Waals surface area (Å²) in [4.78, 5) is 139. The van der Waals surface area contributed by atoms with Crippen LogP contribution in [-0.2, 0) is 136 Å². The number of aromatic nitrogens is 16. The molecule has 16 rings (SSSR count). The molecule has 4 unspecified atom stereocenters. The van der Waals surface area contributed by atoms with E-state index in [9.17, 15) is 56.6 Å². The van der Waals surface area contributed by atoms with Crippen LogP contribution in [0.15, 0.2) is 220 Å². The lowest BCUT2D eigenvalue weighted by Crippen LogP contribution is -2.22. The van der Waals surface area contributed by atoms with Crippen molar-refractivity contribution in [3.63, 3.8) is 0 Å². The molecule has 2 fully saturated rings. The van der Waals surface area contributed by atoms with E-state index in [0.29, 0.717) is 33.7 Å². The monoisotopic (exact) mass is 1970 g/mol. The summed E-state index contributed by atoms with van der Waals surface area (Å²) < 4.78 is 127. The number of ether oxygens (including phenoxy) is 4. The fourth-order valence-electron chi connectivity index (χ4n) is 13.6. The maximum absolute atomic E-state index is 13.4. The van der Waals surface area contributed by atoms with Gasteiger partial charge in [-0.05, 0) is 54.9 Å². The number of carbonyl (C=O) groups is 4. The Labute approximate surface area is 787 Å². The quantitative estimate of drug-likeness (QED) is 0.00997. The summed E-state index contributed by atoms with van der Waals surface area (Å²) in [6, 6.07) is 52.5. The SMILES string of the molecule is Cc1ccc(C(=O)COP(=O)(COCCn2cnc3c(=O)[nH]c(N)nc32)OCc2ccccc2)cc1.Nc1nc2c(ncn2CCOCP(=O)(OCC(=O)C2CC2)OCc2ccccc2)c(=O)[nH]1.Nc1nc2c(ncn2CCOCP(=O)(OCC(=O)C2CCCCC2)OCc2ccccc2)c(=O)[nH]1.Nc1nc2c(ncn2CCOCP(=O)(OCC(=O)c2ccccc2)OCc2ccccc2)c(=O)[nH]1. The molecule has 2 aliphatic carbocycles. The highest BCUT2D eigenvalue weighted by Crippen LogP contribution is 2.52. The number of benzene rings is 6. The summed E-state index contributed by atoms with van der Waals surface area (Å²) >= 11 is 0. The first-order valence-electron chi connectivity index (χ1n) is 43.7. The summed E-state index contributed by atoms with van der Waals surface area (Å²) in [5.74, 6) is -0.913. The van der Waals surface area contributed by atoms with Crippen molar-refractivity contribution in [1.82, 2.24) is 78.1 Å². The minimum Gasteiger partial charge on any atom is -0.369 e. The average molecular weight is 1970 g/mol. The molecule has 4 atom stereocenters. The molecule has 14 aromatic rings. The Morgan fingerprint density at radius 3 is 0.862 bits per heavy atom. The highest BCUT2D eigenvalue weighted by Gasteiger charge is 2.35. The van der Waals surface area contributed by atoms with E-state index in [0.717, 1.165) is 72.8 Å². The molecule has 2 saturated carbocycles. The number of Topliss-reactive ketones (excluding diaryl/α,β-unsaturated/α-hetero) is 4. The summed E-state index contributed by atoms with van der Waals surface area (Å²) in [6.07, 6.45) is 11.0. The van der Waals surface area contributed by atoms with Crippen LogP contribution in [0.25, 0.3) is 44.7 Å². The number of carbonyl (C=O) groups excluding carboxylic acids is 4. The second-order valence-corrected chi connectivity index (χ2v) is 39.6. The van der Waals surface area contributed by atoms with Crippen molar-refractivity contribution >= 4 is 122 Å². The van der Waals surface area contributed by atoms with Crippen LogP contribution in [0.3, 0.4) is 0 Å². The van der Waals surface area contributed by atoms with Gasteiger partial charge in [0, 0.05) is 49.1 Å². The number of nitrogens with one attached hydrogen (secondary N) is 4.